The average molecular weight is 432 g/mol. The number of aromatic nitrogens is 2. The van der Waals surface area contributed by atoms with E-state index in [0.29, 0.717) is 11.1 Å². The lowest BCUT2D eigenvalue weighted by atomic mass is 9.98. The molecule has 0 spiro atoms. The van der Waals surface area contributed by atoms with Gasteiger partial charge in [-0.3, -0.25) is 4.98 Å². The molecular formula is C24H17FN2O5. The van der Waals surface area contributed by atoms with Gasteiger partial charge < -0.3 is 14.6 Å². The number of hydrogen-bond acceptors (Lipinski definition) is 6. The number of carbonyl (C=O) groups excluding carboxylic acids is 1. The van der Waals surface area contributed by atoms with Crippen LogP contribution in [0.25, 0.3) is 21.9 Å². The van der Waals surface area contributed by atoms with Crippen molar-refractivity contribution in [3.8, 4) is 16.9 Å². The number of methoxy groups -OCH3 is 1. The van der Waals surface area contributed by atoms with E-state index in [1.54, 1.807) is 0 Å². The number of carboxylic acid groups (broad SMARTS) is 1. The number of fused-ring (bicyclic) bond motifs is 1. The Labute approximate surface area is 182 Å². The normalized spacial score (nSPS) is 10.7. The molecule has 2 aromatic carbocycles. The number of benzene rings is 2. The van der Waals surface area contributed by atoms with Crippen molar-refractivity contribution in [2.24, 2.45) is 0 Å². The lowest BCUT2D eigenvalue weighted by Crippen LogP contribution is -2.14. The third kappa shape index (κ3) is 3.98. The van der Waals surface area contributed by atoms with E-state index < -0.39 is 17.8 Å². The van der Waals surface area contributed by atoms with Crippen LogP contribution in [0.4, 0.5) is 4.39 Å². The second-order valence-electron chi connectivity index (χ2n) is 6.83. The average Bonchev–Trinajstić information content (AvgIpc) is 2.82. The van der Waals surface area contributed by atoms with Gasteiger partial charge in [0.15, 0.2) is 17.1 Å². The van der Waals surface area contributed by atoms with Gasteiger partial charge in [0.2, 0.25) is 0 Å². The van der Waals surface area contributed by atoms with Crippen LogP contribution in [0.1, 0.15) is 26.5 Å². The van der Waals surface area contributed by atoms with Crippen LogP contribution in [-0.2, 0) is 11.3 Å². The quantitative estimate of drug-likeness (QED) is 0.448. The molecule has 2 aromatic heterocycles. The molecule has 160 valence electrons. The summed E-state index contributed by atoms with van der Waals surface area (Å²) in [6.45, 7) is 0.106. The van der Waals surface area contributed by atoms with Crippen LogP contribution in [0.2, 0.25) is 0 Å². The second-order valence-corrected chi connectivity index (χ2v) is 6.83. The highest BCUT2D eigenvalue weighted by Gasteiger charge is 2.26. The topological polar surface area (TPSA) is 98.6 Å². The number of carboxylic acids is 1. The highest BCUT2D eigenvalue weighted by atomic mass is 19.1. The number of pyridine rings is 2. The first-order chi connectivity index (χ1) is 15.5. The van der Waals surface area contributed by atoms with Gasteiger partial charge in [0.1, 0.15) is 12.4 Å². The maximum absolute atomic E-state index is 13.4. The Bertz CT molecular complexity index is 1310. The molecule has 1 N–H and O–H groups in total. The molecular weight excluding hydrogens is 415 g/mol. The number of esters is 1. The molecule has 8 heteroatoms. The molecule has 0 radical (unpaired) electrons. The van der Waals surface area contributed by atoms with E-state index in [9.17, 15) is 19.1 Å². The summed E-state index contributed by atoms with van der Waals surface area (Å²) in [5.41, 5.74) is 1.14. The molecule has 0 unspecified atom stereocenters. The summed E-state index contributed by atoms with van der Waals surface area (Å²) >= 11 is 0. The summed E-state index contributed by atoms with van der Waals surface area (Å²) in [6, 6.07) is 14.8. The molecule has 0 aliphatic heterocycles. The molecule has 0 amide bonds. The minimum absolute atomic E-state index is 0.0529. The Morgan fingerprint density at radius 1 is 1.00 bits per heavy atom. The van der Waals surface area contributed by atoms with Crippen molar-refractivity contribution < 1.29 is 28.6 Å². The summed E-state index contributed by atoms with van der Waals surface area (Å²) in [6.07, 6.45) is 2.87. The largest absolute Gasteiger partial charge is 0.486 e. The van der Waals surface area contributed by atoms with Gasteiger partial charge in [-0.05, 0) is 23.3 Å². The van der Waals surface area contributed by atoms with E-state index in [0.717, 1.165) is 5.56 Å². The van der Waals surface area contributed by atoms with Crippen molar-refractivity contribution in [2.45, 2.75) is 6.61 Å². The van der Waals surface area contributed by atoms with Crippen molar-refractivity contribution in [3.63, 3.8) is 0 Å². The van der Waals surface area contributed by atoms with Crippen LogP contribution in [0, 0.1) is 5.82 Å². The van der Waals surface area contributed by atoms with Crippen LogP contribution < -0.4 is 4.74 Å². The number of hydrogen-bond donors (Lipinski definition) is 1. The van der Waals surface area contributed by atoms with Gasteiger partial charge in [-0.15, -0.1) is 0 Å². The fourth-order valence-electron chi connectivity index (χ4n) is 3.35. The molecule has 0 aliphatic rings. The molecule has 0 saturated heterocycles. The number of carbonyl (C=O) groups is 2. The summed E-state index contributed by atoms with van der Waals surface area (Å²) in [4.78, 5) is 32.8. The van der Waals surface area contributed by atoms with Gasteiger partial charge in [0.05, 0.1) is 7.11 Å². The zero-order chi connectivity index (χ0) is 22.7. The van der Waals surface area contributed by atoms with Crippen molar-refractivity contribution in [1.29, 1.82) is 0 Å². The Kier molecular flexibility index (Phi) is 5.76. The van der Waals surface area contributed by atoms with Gasteiger partial charge in [-0.1, -0.05) is 42.5 Å². The molecule has 2 heterocycles. The van der Waals surface area contributed by atoms with E-state index in [4.69, 9.17) is 9.47 Å². The highest BCUT2D eigenvalue weighted by molar-refractivity contribution is 6.12. The number of halogens is 1. The standard InChI is InChI=1S/C24H17FN2O5/c1-31-24(30)21-22(32-13-14-5-3-2-4-6-14)18-12-26-11-17(15-7-9-16(25)10-8-15)19(18)20(27-21)23(28)29/h2-12H,13H2,1H3,(H,28,29). The van der Waals surface area contributed by atoms with Crippen molar-refractivity contribution >= 4 is 22.7 Å². The summed E-state index contributed by atoms with van der Waals surface area (Å²) < 4.78 is 24.2. The van der Waals surface area contributed by atoms with Crippen molar-refractivity contribution in [3.05, 3.63) is 89.8 Å². The molecule has 4 aromatic rings. The molecule has 0 bridgehead atoms. The SMILES string of the molecule is COC(=O)c1nc(C(=O)O)c2c(-c3ccc(F)cc3)cncc2c1OCc1ccccc1. The van der Waals surface area contributed by atoms with Crippen LogP contribution in [0.15, 0.2) is 67.0 Å². The Balaban J connectivity index is 1.98. The minimum Gasteiger partial charge on any atom is -0.486 e. The van der Waals surface area contributed by atoms with Crippen LogP contribution in [-0.4, -0.2) is 34.1 Å². The number of rotatable bonds is 6. The number of nitrogens with zero attached hydrogens (tertiary/aromatic N) is 2. The molecule has 0 atom stereocenters. The van der Waals surface area contributed by atoms with E-state index in [2.05, 4.69) is 9.97 Å². The third-order valence-corrected chi connectivity index (χ3v) is 4.83. The second kappa shape index (κ2) is 8.81. The monoisotopic (exact) mass is 432 g/mol. The summed E-state index contributed by atoms with van der Waals surface area (Å²) in [5, 5.41) is 10.3. The summed E-state index contributed by atoms with van der Waals surface area (Å²) in [5.74, 6) is -2.57. The third-order valence-electron chi connectivity index (χ3n) is 4.83. The predicted molar refractivity (Wildman–Crippen MR) is 114 cm³/mol. The Morgan fingerprint density at radius 2 is 1.72 bits per heavy atom. The lowest BCUT2D eigenvalue weighted by molar-refractivity contribution is 0.0588. The number of ether oxygens (including phenoxy) is 2. The first-order valence-electron chi connectivity index (χ1n) is 9.55. The number of aromatic carboxylic acids is 1. The molecule has 32 heavy (non-hydrogen) atoms. The molecule has 0 fully saturated rings. The smallest absolute Gasteiger partial charge is 0.360 e. The Morgan fingerprint density at radius 3 is 2.38 bits per heavy atom. The van der Waals surface area contributed by atoms with Gasteiger partial charge in [-0.2, -0.15) is 0 Å². The van der Waals surface area contributed by atoms with Crippen LogP contribution in [0.5, 0.6) is 5.75 Å². The van der Waals surface area contributed by atoms with Crippen LogP contribution >= 0.6 is 0 Å². The van der Waals surface area contributed by atoms with Crippen LogP contribution in [0.3, 0.4) is 0 Å². The lowest BCUT2D eigenvalue weighted by Gasteiger charge is -2.16. The zero-order valence-corrected chi connectivity index (χ0v) is 16.9. The zero-order valence-electron chi connectivity index (χ0n) is 16.9. The fourth-order valence-corrected chi connectivity index (χ4v) is 3.35. The van der Waals surface area contributed by atoms with E-state index >= 15 is 0 Å². The molecule has 0 aliphatic carbocycles. The first-order valence-corrected chi connectivity index (χ1v) is 9.55. The Hall–Kier alpha value is -4.33. The minimum atomic E-state index is -1.34. The van der Waals surface area contributed by atoms with Gasteiger partial charge in [0, 0.05) is 28.7 Å². The van der Waals surface area contributed by atoms with Gasteiger partial charge in [-0.25, -0.2) is 19.0 Å². The van der Waals surface area contributed by atoms with Crippen molar-refractivity contribution in [1.82, 2.24) is 9.97 Å². The maximum Gasteiger partial charge on any atom is 0.360 e. The van der Waals surface area contributed by atoms with E-state index in [1.165, 1.54) is 43.8 Å². The fraction of sp³-hybridized carbons (Fsp3) is 0.0833. The van der Waals surface area contributed by atoms with E-state index in [-0.39, 0.29) is 34.5 Å². The summed E-state index contributed by atoms with van der Waals surface area (Å²) in [7, 11) is 1.17. The van der Waals surface area contributed by atoms with Gasteiger partial charge in [0.25, 0.3) is 0 Å². The molecule has 4 rings (SSSR count). The van der Waals surface area contributed by atoms with Crippen molar-refractivity contribution in [2.75, 3.05) is 7.11 Å². The maximum atomic E-state index is 13.4. The van der Waals surface area contributed by atoms with Gasteiger partial charge >= 0.3 is 11.9 Å². The highest BCUT2D eigenvalue weighted by Crippen LogP contribution is 2.37. The first kappa shape index (κ1) is 20.9. The molecule has 7 nitrogen and oxygen atoms in total. The molecule has 0 saturated carbocycles. The predicted octanol–water partition coefficient (Wildman–Crippen LogP) is 4.50. The van der Waals surface area contributed by atoms with E-state index in [1.807, 2.05) is 30.3 Å².